The molecular weight excluding hydrogens is 432 g/mol. The van der Waals surface area contributed by atoms with E-state index >= 15 is 0 Å². The van der Waals surface area contributed by atoms with Gasteiger partial charge in [-0.2, -0.15) is 0 Å². The second-order valence-corrected chi connectivity index (χ2v) is 10.8. The fourth-order valence-electron chi connectivity index (χ4n) is 7.66. The molecular formula is C28H36O6. The van der Waals surface area contributed by atoms with Crippen LogP contribution < -0.4 is 0 Å². The maximum absolute atomic E-state index is 12.7. The van der Waals surface area contributed by atoms with Gasteiger partial charge in [0.1, 0.15) is 11.9 Å². The molecule has 4 rings (SSSR count). The maximum atomic E-state index is 12.7. The highest BCUT2D eigenvalue weighted by molar-refractivity contribution is 5.83. The molecule has 184 valence electrons. The Bertz CT molecular complexity index is 970. The molecule has 0 bridgehead atoms. The summed E-state index contributed by atoms with van der Waals surface area (Å²) in [5.74, 6) is 3.95. The summed E-state index contributed by atoms with van der Waals surface area (Å²) >= 11 is 0. The highest BCUT2D eigenvalue weighted by atomic mass is 16.6. The zero-order valence-corrected chi connectivity index (χ0v) is 20.7. The average molecular weight is 469 g/mol. The van der Waals surface area contributed by atoms with E-state index in [4.69, 9.17) is 20.6 Å². The Morgan fingerprint density at radius 1 is 1.03 bits per heavy atom. The Kier molecular flexibility index (Phi) is 6.68. The van der Waals surface area contributed by atoms with Gasteiger partial charge in [0.2, 0.25) is 0 Å². The Balaban J connectivity index is 1.51. The predicted octanol–water partition coefficient (Wildman–Crippen LogP) is 4.87. The van der Waals surface area contributed by atoms with Gasteiger partial charge < -0.3 is 14.2 Å². The van der Waals surface area contributed by atoms with E-state index < -0.39 is 17.5 Å². The number of rotatable bonds is 4. The van der Waals surface area contributed by atoms with Crippen molar-refractivity contribution >= 4 is 17.9 Å². The summed E-state index contributed by atoms with van der Waals surface area (Å²) in [6.45, 7) is 6.53. The molecule has 6 nitrogen and oxygen atoms in total. The molecule has 0 spiro atoms. The summed E-state index contributed by atoms with van der Waals surface area (Å²) < 4.78 is 16.4. The van der Waals surface area contributed by atoms with Gasteiger partial charge in [-0.3, -0.25) is 9.59 Å². The van der Waals surface area contributed by atoms with Crippen LogP contribution in [0.15, 0.2) is 23.5 Å². The minimum Gasteiger partial charge on any atom is -0.458 e. The van der Waals surface area contributed by atoms with Crippen molar-refractivity contribution in [2.45, 2.75) is 90.8 Å². The van der Waals surface area contributed by atoms with Gasteiger partial charge in [-0.25, -0.2) is 4.79 Å². The van der Waals surface area contributed by atoms with E-state index in [1.54, 1.807) is 6.92 Å². The van der Waals surface area contributed by atoms with E-state index in [9.17, 15) is 14.4 Å². The number of esters is 3. The number of hydrogen-bond acceptors (Lipinski definition) is 6. The van der Waals surface area contributed by atoms with Gasteiger partial charge in [0, 0.05) is 19.3 Å². The van der Waals surface area contributed by atoms with Gasteiger partial charge in [-0.05, 0) is 88.0 Å². The Morgan fingerprint density at radius 3 is 2.47 bits per heavy atom. The van der Waals surface area contributed by atoms with E-state index in [1.165, 1.54) is 25.5 Å². The zero-order valence-electron chi connectivity index (χ0n) is 20.7. The first-order chi connectivity index (χ1) is 16.1. The van der Waals surface area contributed by atoms with Crippen molar-refractivity contribution in [1.29, 1.82) is 0 Å². The van der Waals surface area contributed by atoms with Crippen LogP contribution in [0.4, 0.5) is 0 Å². The summed E-state index contributed by atoms with van der Waals surface area (Å²) in [5, 5.41) is 0. The average Bonchev–Trinajstić information content (AvgIpc) is 3.04. The van der Waals surface area contributed by atoms with E-state index in [-0.39, 0.29) is 23.2 Å². The number of hydrogen-bond donors (Lipinski definition) is 0. The topological polar surface area (TPSA) is 78.9 Å². The molecule has 0 aromatic heterocycles. The van der Waals surface area contributed by atoms with Crippen LogP contribution in [0.2, 0.25) is 0 Å². The van der Waals surface area contributed by atoms with Crippen LogP contribution >= 0.6 is 0 Å². The maximum Gasteiger partial charge on any atom is 0.335 e. The molecule has 0 radical (unpaired) electrons. The summed E-state index contributed by atoms with van der Waals surface area (Å²) in [7, 11) is 0. The third-order valence-electron chi connectivity index (χ3n) is 8.98. The standard InChI is InChI=1S/C28H36O6/c1-6-28(34-26(31)15-17(2)32-18(3)29)14-12-25-24-9-7-20-16-21(33-19(4)30)8-10-22(20)23(24)11-13-27(25,28)5/h1,15-16,21-25H,7-14H2,2-5H3/b17-15-/t21?,22-,23+,24+,25-,27-,28?/m0/s1. The van der Waals surface area contributed by atoms with Crippen molar-refractivity contribution < 1.29 is 28.6 Å². The fourth-order valence-corrected chi connectivity index (χ4v) is 7.66. The van der Waals surface area contributed by atoms with Crippen LogP contribution in [0.25, 0.3) is 0 Å². The normalized spacial score (nSPS) is 38.9. The molecule has 3 fully saturated rings. The number of fused-ring (bicyclic) bond motifs is 5. The summed E-state index contributed by atoms with van der Waals surface area (Å²) in [6.07, 6.45) is 17.1. The lowest BCUT2D eigenvalue weighted by atomic mass is 9.50. The van der Waals surface area contributed by atoms with Crippen LogP contribution in [0.3, 0.4) is 0 Å². The number of allylic oxidation sites excluding steroid dienone is 2. The highest BCUT2D eigenvalue weighted by Crippen LogP contribution is 2.65. The van der Waals surface area contributed by atoms with Crippen LogP contribution in [-0.2, 0) is 28.6 Å². The number of ether oxygens (including phenoxy) is 3. The Hall–Kier alpha value is -2.55. The van der Waals surface area contributed by atoms with Gasteiger partial charge in [-0.1, -0.05) is 18.4 Å². The summed E-state index contributed by atoms with van der Waals surface area (Å²) in [4.78, 5) is 35.3. The van der Waals surface area contributed by atoms with E-state index in [0.29, 0.717) is 30.1 Å². The summed E-state index contributed by atoms with van der Waals surface area (Å²) in [5.41, 5.74) is 0.231. The second-order valence-electron chi connectivity index (χ2n) is 10.8. The molecule has 0 N–H and O–H groups in total. The first-order valence-corrected chi connectivity index (χ1v) is 12.5. The second kappa shape index (κ2) is 9.24. The first-order valence-electron chi connectivity index (χ1n) is 12.5. The molecule has 6 heteroatoms. The van der Waals surface area contributed by atoms with Crippen LogP contribution in [0, 0.1) is 41.4 Å². The number of carbonyl (C=O) groups excluding carboxylic acids is 3. The quantitative estimate of drug-likeness (QED) is 0.146. The molecule has 0 heterocycles. The van der Waals surface area contributed by atoms with Crippen LogP contribution in [0.5, 0.6) is 0 Å². The minimum absolute atomic E-state index is 0.0855. The van der Waals surface area contributed by atoms with Gasteiger partial charge >= 0.3 is 17.9 Å². The number of carbonyl (C=O) groups is 3. The molecule has 3 saturated carbocycles. The third kappa shape index (κ3) is 4.30. The predicted molar refractivity (Wildman–Crippen MR) is 126 cm³/mol. The Morgan fingerprint density at radius 2 is 1.79 bits per heavy atom. The van der Waals surface area contributed by atoms with E-state index in [0.717, 1.165) is 44.9 Å². The van der Waals surface area contributed by atoms with Crippen LogP contribution in [0.1, 0.15) is 79.1 Å². The highest BCUT2D eigenvalue weighted by Gasteiger charge is 2.64. The first kappa shape index (κ1) is 24.6. The van der Waals surface area contributed by atoms with Crippen molar-refractivity contribution in [3.05, 3.63) is 23.5 Å². The third-order valence-corrected chi connectivity index (χ3v) is 8.98. The summed E-state index contributed by atoms with van der Waals surface area (Å²) in [6, 6.07) is 0. The van der Waals surface area contributed by atoms with Gasteiger partial charge in [0.15, 0.2) is 5.60 Å². The van der Waals surface area contributed by atoms with E-state index in [2.05, 4.69) is 18.9 Å². The smallest absolute Gasteiger partial charge is 0.335 e. The van der Waals surface area contributed by atoms with E-state index in [1.807, 2.05) is 0 Å². The molecule has 0 aromatic carbocycles. The zero-order chi connectivity index (χ0) is 24.7. The Labute approximate surface area is 202 Å². The molecule has 0 aliphatic heterocycles. The van der Waals surface area contributed by atoms with Crippen molar-refractivity contribution in [3.63, 3.8) is 0 Å². The molecule has 0 saturated heterocycles. The molecule has 0 amide bonds. The molecule has 7 atom stereocenters. The minimum atomic E-state index is -0.949. The van der Waals surface area contributed by atoms with Crippen molar-refractivity contribution in [1.82, 2.24) is 0 Å². The number of terminal acetylenes is 1. The molecule has 0 aromatic rings. The van der Waals surface area contributed by atoms with Gasteiger partial charge in [0.05, 0.1) is 6.08 Å². The molecule has 2 unspecified atom stereocenters. The van der Waals surface area contributed by atoms with Crippen LogP contribution in [-0.4, -0.2) is 29.6 Å². The van der Waals surface area contributed by atoms with Crippen molar-refractivity contribution in [2.24, 2.45) is 29.1 Å². The van der Waals surface area contributed by atoms with Gasteiger partial charge in [0.25, 0.3) is 0 Å². The lowest BCUT2D eigenvalue weighted by Gasteiger charge is -2.55. The SMILES string of the molecule is C#CC1(OC(=O)/C=C(/C)OC(C)=O)CC[C@H]2[C@@H]3CCC4=CC(OC(C)=O)CC[C@@H]4[C@H]3CC[C@@]21C. The van der Waals surface area contributed by atoms with Crippen molar-refractivity contribution in [3.8, 4) is 12.3 Å². The van der Waals surface area contributed by atoms with Gasteiger partial charge in [-0.15, -0.1) is 6.42 Å². The fraction of sp³-hybridized carbons (Fsp3) is 0.679. The monoisotopic (exact) mass is 468 g/mol. The lowest BCUT2D eigenvalue weighted by molar-refractivity contribution is -0.164. The van der Waals surface area contributed by atoms with Crippen molar-refractivity contribution in [2.75, 3.05) is 0 Å². The molecule has 4 aliphatic carbocycles. The largest absolute Gasteiger partial charge is 0.458 e. The lowest BCUT2D eigenvalue weighted by Crippen LogP contribution is -2.53. The molecule has 34 heavy (non-hydrogen) atoms. The molecule has 4 aliphatic rings.